The summed E-state index contributed by atoms with van der Waals surface area (Å²) in [7, 11) is -3.62. The highest BCUT2D eigenvalue weighted by atomic mass is 32.2. The molecule has 0 saturated heterocycles. The average Bonchev–Trinajstić information content (AvgIpc) is 2.72. The summed E-state index contributed by atoms with van der Waals surface area (Å²) < 4.78 is 33.2. The van der Waals surface area contributed by atoms with Crippen LogP contribution >= 0.6 is 0 Å². The van der Waals surface area contributed by atoms with E-state index in [2.05, 4.69) is 25.3 Å². The predicted octanol–water partition coefficient (Wildman–Crippen LogP) is 3.40. The molecule has 0 fully saturated rings. The minimum absolute atomic E-state index is 0.176. The third-order valence-corrected chi connectivity index (χ3v) is 5.50. The summed E-state index contributed by atoms with van der Waals surface area (Å²) >= 11 is 0. The second kappa shape index (κ2) is 10.0. The van der Waals surface area contributed by atoms with E-state index in [1.807, 2.05) is 44.2 Å². The van der Waals surface area contributed by atoms with Gasteiger partial charge in [0.05, 0.1) is 4.90 Å². The molecule has 0 aliphatic heterocycles. The van der Waals surface area contributed by atoms with Crippen LogP contribution < -0.4 is 20.1 Å². The minimum atomic E-state index is -3.62. The molecule has 158 valence electrons. The molecule has 3 aromatic rings. The molecule has 0 unspecified atom stereocenters. The van der Waals surface area contributed by atoms with Crippen molar-refractivity contribution in [1.29, 1.82) is 0 Å². The number of para-hydroxylation sites is 1. The zero-order valence-electron chi connectivity index (χ0n) is 16.9. The van der Waals surface area contributed by atoms with E-state index in [-0.39, 0.29) is 11.4 Å². The maximum atomic E-state index is 12.5. The Morgan fingerprint density at radius 2 is 1.60 bits per heavy atom. The van der Waals surface area contributed by atoms with Crippen molar-refractivity contribution >= 4 is 21.8 Å². The molecule has 0 saturated carbocycles. The zero-order chi connectivity index (χ0) is 21.4. The van der Waals surface area contributed by atoms with Crippen molar-refractivity contribution in [3.8, 4) is 11.5 Å². The first-order valence-corrected chi connectivity index (χ1v) is 11.1. The molecule has 3 rings (SSSR count). The number of rotatable bonds is 10. The van der Waals surface area contributed by atoms with E-state index in [0.29, 0.717) is 29.8 Å². The van der Waals surface area contributed by atoms with Crippen LogP contribution in [0.5, 0.6) is 11.5 Å². The number of aromatic nitrogens is 2. The first kappa shape index (κ1) is 21.5. The monoisotopic (exact) mass is 427 g/mol. The van der Waals surface area contributed by atoms with Crippen LogP contribution in [0.25, 0.3) is 0 Å². The van der Waals surface area contributed by atoms with Gasteiger partial charge in [0.2, 0.25) is 16.0 Å². The third kappa shape index (κ3) is 6.16. The highest BCUT2D eigenvalue weighted by Gasteiger charge is 2.13. The van der Waals surface area contributed by atoms with Crippen molar-refractivity contribution in [2.45, 2.75) is 18.7 Å². The smallest absolute Gasteiger partial charge is 0.240 e. The fourth-order valence-electron chi connectivity index (χ4n) is 2.67. The SMILES string of the molecule is CCNc1nc(C)cc(NCCNS(=O)(=O)c2ccc(Oc3ccccc3)cc2)n1. The largest absolute Gasteiger partial charge is 0.457 e. The molecule has 2 aromatic carbocycles. The van der Waals surface area contributed by atoms with E-state index < -0.39 is 10.0 Å². The Morgan fingerprint density at radius 1 is 0.900 bits per heavy atom. The van der Waals surface area contributed by atoms with Gasteiger partial charge in [0.15, 0.2) is 0 Å². The summed E-state index contributed by atoms with van der Waals surface area (Å²) in [6.45, 7) is 5.16. The molecule has 1 aromatic heterocycles. The maximum absolute atomic E-state index is 12.5. The number of hydrogen-bond donors (Lipinski definition) is 3. The van der Waals surface area contributed by atoms with Crippen molar-refractivity contribution in [2.24, 2.45) is 0 Å². The molecule has 8 nitrogen and oxygen atoms in total. The Morgan fingerprint density at radius 3 is 2.30 bits per heavy atom. The summed E-state index contributed by atoms with van der Waals surface area (Å²) in [5.41, 5.74) is 0.821. The normalized spacial score (nSPS) is 11.1. The molecule has 0 bridgehead atoms. The van der Waals surface area contributed by atoms with Crippen LogP contribution in [0.1, 0.15) is 12.6 Å². The first-order valence-electron chi connectivity index (χ1n) is 9.62. The van der Waals surface area contributed by atoms with Gasteiger partial charge in [0.25, 0.3) is 0 Å². The van der Waals surface area contributed by atoms with Gasteiger partial charge in [-0.05, 0) is 50.2 Å². The van der Waals surface area contributed by atoms with E-state index in [1.165, 1.54) is 12.1 Å². The number of anilines is 2. The quantitative estimate of drug-likeness (QED) is 0.426. The van der Waals surface area contributed by atoms with Crippen LogP contribution in [-0.4, -0.2) is 38.0 Å². The lowest BCUT2D eigenvalue weighted by atomic mass is 10.3. The number of sulfonamides is 1. The number of nitrogens with one attached hydrogen (secondary N) is 3. The molecule has 3 N–H and O–H groups in total. The highest BCUT2D eigenvalue weighted by molar-refractivity contribution is 7.89. The van der Waals surface area contributed by atoms with Gasteiger partial charge >= 0.3 is 0 Å². The Balaban J connectivity index is 1.53. The van der Waals surface area contributed by atoms with Crippen LogP contribution in [0, 0.1) is 6.92 Å². The van der Waals surface area contributed by atoms with Crippen LogP contribution in [-0.2, 0) is 10.0 Å². The molecule has 0 aliphatic rings. The molecule has 1 heterocycles. The standard InChI is InChI=1S/C21H25N5O3S/c1-3-22-21-25-16(2)15-20(26-21)23-13-14-24-30(27,28)19-11-9-18(10-12-19)29-17-7-5-4-6-8-17/h4-12,15,24H,3,13-14H2,1-2H3,(H2,22,23,25,26). The molecule has 0 aliphatic carbocycles. The van der Waals surface area contributed by atoms with Gasteiger partial charge < -0.3 is 15.4 Å². The molecule has 0 atom stereocenters. The first-order chi connectivity index (χ1) is 14.5. The van der Waals surface area contributed by atoms with E-state index in [0.717, 1.165) is 12.2 Å². The van der Waals surface area contributed by atoms with Gasteiger partial charge in [-0.3, -0.25) is 0 Å². The van der Waals surface area contributed by atoms with Gasteiger partial charge in [-0.2, -0.15) is 4.98 Å². The zero-order valence-corrected chi connectivity index (χ0v) is 17.7. The molecule has 0 amide bonds. The van der Waals surface area contributed by atoms with Gasteiger partial charge in [-0.1, -0.05) is 18.2 Å². The minimum Gasteiger partial charge on any atom is -0.457 e. The van der Waals surface area contributed by atoms with Crippen molar-refractivity contribution in [2.75, 3.05) is 30.3 Å². The summed E-state index contributed by atoms with van der Waals surface area (Å²) in [6, 6.07) is 17.4. The summed E-state index contributed by atoms with van der Waals surface area (Å²) in [6.07, 6.45) is 0. The van der Waals surface area contributed by atoms with Crippen LogP contribution in [0.3, 0.4) is 0 Å². The molecule has 30 heavy (non-hydrogen) atoms. The summed E-state index contributed by atoms with van der Waals surface area (Å²) in [5, 5.41) is 6.17. The highest BCUT2D eigenvalue weighted by Crippen LogP contribution is 2.22. The van der Waals surface area contributed by atoms with Gasteiger partial charge in [-0.25, -0.2) is 18.1 Å². The van der Waals surface area contributed by atoms with Crippen molar-refractivity contribution in [1.82, 2.24) is 14.7 Å². The fourth-order valence-corrected chi connectivity index (χ4v) is 3.70. The van der Waals surface area contributed by atoms with Crippen LogP contribution in [0.2, 0.25) is 0 Å². The number of hydrogen-bond acceptors (Lipinski definition) is 7. The summed E-state index contributed by atoms with van der Waals surface area (Å²) in [4.78, 5) is 8.79. The van der Waals surface area contributed by atoms with Crippen molar-refractivity contribution in [3.05, 3.63) is 66.4 Å². The van der Waals surface area contributed by atoms with E-state index in [4.69, 9.17) is 4.74 Å². The topological polar surface area (TPSA) is 105 Å². The lowest BCUT2D eigenvalue weighted by Gasteiger charge is -2.11. The lowest BCUT2D eigenvalue weighted by molar-refractivity contribution is 0.482. The van der Waals surface area contributed by atoms with E-state index in [9.17, 15) is 8.42 Å². The molecular weight excluding hydrogens is 402 g/mol. The van der Waals surface area contributed by atoms with E-state index in [1.54, 1.807) is 18.2 Å². The number of aryl methyl sites for hydroxylation is 1. The number of nitrogens with zero attached hydrogens (tertiary/aromatic N) is 2. The van der Waals surface area contributed by atoms with Crippen LogP contribution in [0.4, 0.5) is 11.8 Å². The third-order valence-electron chi connectivity index (χ3n) is 4.03. The Bertz CT molecular complexity index is 1060. The second-order valence-corrected chi connectivity index (χ2v) is 8.23. The molecule has 0 radical (unpaired) electrons. The lowest BCUT2D eigenvalue weighted by Crippen LogP contribution is -2.29. The fraction of sp³-hybridized carbons (Fsp3) is 0.238. The Labute approximate surface area is 176 Å². The van der Waals surface area contributed by atoms with Crippen LogP contribution in [0.15, 0.2) is 65.6 Å². The molecule has 0 spiro atoms. The van der Waals surface area contributed by atoms with E-state index >= 15 is 0 Å². The number of ether oxygens (including phenoxy) is 1. The van der Waals surface area contributed by atoms with Gasteiger partial charge in [0, 0.05) is 31.4 Å². The Kier molecular flexibility index (Phi) is 7.21. The predicted molar refractivity (Wildman–Crippen MR) is 118 cm³/mol. The number of benzene rings is 2. The second-order valence-electron chi connectivity index (χ2n) is 6.46. The van der Waals surface area contributed by atoms with Gasteiger partial charge in [0.1, 0.15) is 17.3 Å². The van der Waals surface area contributed by atoms with Gasteiger partial charge in [-0.15, -0.1) is 0 Å². The van der Waals surface area contributed by atoms with Crippen molar-refractivity contribution in [3.63, 3.8) is 0 Å². The molecule has 9 heteroatoms. The average molecular weight is 428 g/mol. The summed E-state index contributed by atoms with van der Waals surface area (Å²) in [5.74, 6) is 2.44. The molecular formula is C21H25N5O3S. The Hall–Kier alpha value is -3.17. The van der Waals surface area contributed by atoms with Crippen molar-refractivity contribution < 1.29 is 13.2 Å². The maximum Gasteiger partial charge on any atom is 0.240 e.